The van der Waals surface area contributed by atoms with Gasteiger partial charge < -0.3 is 20.4 Å². The van der Waals surface area contributed by atoms with Crippen molar-refractivity contribution in [1.82, 2.24) is 15.6 Å². The fraction of sp³-hybridized carbons (Fsp3) is 0.385. The quantitative estimate of drug-likeness (QED) is 0.505. The number of carbonyl (C=O) groups is 2. The number of H-pyrrole nitrogens is 1. The van der Waals surface area contributed by atoms with Crippen molar-refractivity contribution in [2.24, 2.45) is 5.92 Å². The molecule has 1 aliphatic carbocycles. The summed E-state index contributed by atoms with van der Waals surface area (Å²) in [4.78, 5) is 29.0. The van der Waals surface area contributed by atoms with Crippen LogP contribution in [-0.2, 0) is 22.6 Å². The smallest absolute Gasteiger partial charge is 0.408 e. The fourth-order valence-corrected chi connectivity index (χ4v) is 4.45. The zero-order valence-corrected chi connectivity index (χ0v) is 18.5. The zero-order valence-electron chi connectivity index (χ0n) is 18.5. The van der Waals surface area contributed by atoms with E-state index in [1.165, 1.54) is 6.42 Å². The number of aromatic nitrogens is 1. The minimum Gasteiger partial charge on any atom is -0.445 e. The van der Waals surface area contributed by atoms with Crippen LogP contribution in [-0.4, -0.2) is 29.1 Å². The van der Waals surface area contributed by atoms with Crippen molar-refractivity contribution in [1.29, 1.82) is 0 Å². The first kappa shape index (κ1) is 21.9. The molecule has 32 heavy (non-hydrogen) atoms. The van der Waals surface area contributed by atoms with Gasteiger partial charge in [-0.1, -0.05) is 68.3 Å². The number of nitrogens with one attached hydrogen (secondary N) is 3. The molecule has 3 aromatic rings. The van der Waals surface area contributed by atoms with Crippen molar-refractivity contribution in [2.75, 3.05) is 0 Å². The maximum Gasteiger partial charge on any atom is 0.408 e. The summed E-state index contributed by atoms with van der Waals surface area (Å²) in [5.74, 6) is 0.275. The monoisotopic (exact) mass is 433 g/mol. The van der Waals surface area contributed by atoms with Gasteiger partial charge in [-0.2, -0.15) is 0 Å². The third-order valence-electron chi connectivity index (χ3n) is 6.36. The number of amides is 2. The first-order valence-electron chi connectivity index (χ1n) is 11.4. The molecule has 3 atom stereocenters. The maximum absolute atomic E-state index is 13.2. The first-order valence-corrected chi connectivity index (χ1v) is 11.4. The number of benzene rings is 2. The van der Waals surface area contributed by atoms with Crippen LogP contribution < -0.4 is 10.6 Å². The Morgan fingerprint density at radius 1 is 1.06 bits per heavy atom. The lowest BCUT2D eigenvalue weighted by molar-refractivity contribution is -0.124. The van der Waals surface area contributed by atoms with Gasteiger partial charge in [-0.15, -0.1) is 0 Å². The number of alkyl carbamates (subject to hydrolysis) is 1. The van der Waals surface area contributed by atoms with Crippen LogP contribution in [0.1, 0.15) is 43.7 Å². The van der Waals surface area contributed by atoms with Crippen LogP contribution in [0.25, 0.3) is 10.9 Å². The molecule has 1 heterocycles. The Bertz CT molecular complexity index is 1050. The highest BCUT2D eigenvalue weighted by Crippen LogP contribution is 2.24. The van der Waals surface area contributed by atoms with Gasteiger partial charge in [0.15, 0.2) is 0 Å². The van der Waals surface area contributed by atoms with E-state index >= 15 is 0 Å². The second kappa shape index (κ2) is 10.4. The summed E-state index contributed by atoms with van der Waals surface area (Å²) in [6.45, 7) is 2.34. The third kappa shape index (κ3) is 5.49. The van der Waals surface area contributed by atoms with E-state index in [0.29, 0.717) is 12.3 Å². The van der Waals surface area contributed by atoms with Crippen molar-refractivity contribution >= 4 is 22.9 Å². The van der Waals surface area contributed by atoms with E-state index in [1.807, 2.05) is 60.8 Å². The van der Waals surface area contributed by atoms with Gasteiger partial charge >= 0.3 is 6.09 Å². The molecule has 0 spiro atoms. The van der Waals surface area contributed by atoms with Crippen LogP contribution in [0.5, 0.6) is 0 Å². The van der Waals surface area contributed by atoms with Gasteiger partial charge in [0.25, 0.3) is 0 Å². The lowest BCUT2D eigenvalue weighted by atomic mass is 9.85. The van der Waals surface area contributed by atoms with E-state index < -0.39 is 12.1 Å². The predicted molar refractivity (Wildman–Crippen MR) is 125 cm³/mol. The number of hydrogen-bond acceptors (Lipinski definition) is 3. The third-order valence-corrected chi connectivity index (χ3v) is 6.36. The van der Waals surface area contributed by atoms with E-state index in [9.17, 15) is 9.59 Å². The van der Waals surface area contributed by atoms with Crippen molar-refractivity contribution in [3.05, 3.63) is 71.9 Å². The second-order valence-corrected chi connectivity index (χ2v) is 8.70. The van der Waals surface area contributed by atoms with Crippen LogP contribution >= 0.6 is 0 Å². The highest BCUT2D eigenvalue weighted by molar-refractivity contribution is 5.88. The summed E-state index contributed by atoms with van der Waals surface area (Å²) in [5.41, 5.74) is 2.89. The van der Waals surface area contributed by atoms with E-state index in [2.05, 4.69) is 22.5 Å². The lowest BCUT2D eigenvalue weighted by Gasteiger charge is -2.31. The first-order chi connectivity index (χ1) is 15.6. The molecule has 0 radical (unpaired) electrons. The van der Waals surface area contributed by atoms with Gasteiger partial charge in [-0.3, -0.25) is 4.79 Å². The highest BCUT2D eigenvalue weighted by atomic mass is 16.5. The van der Waals surface area contributed by atoms with Crippen LogP contribution in [0.4, 0.5) is 4.79 Å². The number of ether oxygens (including phenoxy) is 1. The number of rotatable bonds is 7. The largest absolute Gasteiger partial charge is 0.445 e. The molecule has 2 aromatic carbocycles. The predicted octanol–water partition coefficient (Wildman–Crippen LogP) is 4.70. The van der Waals surface area contributed by atoms with Gasteiger partial charge in [-0.25, -0.2) is 4.79 Å². The summed E-state index contributed by atoms with van der Waals surface area (Å²) in [5, 5.41) is 7.05. The minimum atomic E-state index is -0.716. The summed E-state index contributed by atoms with van der Waals surface area (Å²) in [6, 6.07) is 16.9. The number of fused-ring (bicyclic) bond motifs is 1. The van der Waals surface area contributed by atoms with E-state index in [1.54, 1.807) is 0 Å². The molecule has 6 nitrogen and oxygen atoms in total. The number of aromatic amines is 1. The van der Waals surface area contributed by atoms with Crippen LogP contribution in [0, 0.1) is 5.92 Å². The zero-order chi connectivity index (χ0) is 22.3. The van der Waals surface area contributed by atoms with Crippen molar-refractivity contribution in [3.63, 3.8) is 0 Å². The Hall–Kier alpha value is -3.28. The van der Waals surface area contributed by atoms with Crippen molar-refractivity contribution in [3.8, 4) is 0 Å². The summed E-state index contributed by atoms with van der Waals surface area (Å²) in [7, 11) is 0. The van der Waals surface area contributed by atoms with Gasteiger partial charge in [0.1, 0.15) is 12.6 Å². The summed E-state index contributed by atoms with van der Waals surface area (Å²) < 4.78 is 5.39. The molecule has 1 saturated carbocycles. The highest BCUT2D eigenvalue weighted by Gasteiger charge is 2.28. The van der Waals surface area contributed by atoms with Crippen molar-refractivity contribution in [2.45, 2.75) is 57.7 Å². The summed E-state index contributed by atoms with van der Waals surface area (Å²) >= 11 is 0. The SMILES string of the molecule is C[C@@H]1CCCC[C@@H]1NC(=O)[C@H](Cc1c[nH]c2ccccc12)NC(=O)OCc1ccccc1. The maximum atomic E-state index is 13.2. The Balaban J connectivity index is 1.46. The number of hydrogen-bond donors (Lipinski definition) is 3. The molecular weight excluding hydrogens is 402 g/mol. The molecule has 1 aromatic heterocycles. The number of para-hydroxylation sites is 1. The van der Waals surface area contributed by atoms with E-state index in [-0.39, 0.29) is 18.6 Å². The van der Waals surface area contributed by atoms with Gasteiger partial charge in [0.2, 0.25) is 5.91 Å². The summed E-state index contributed by atoms with van der Waals surface area (Å²) in [6.07, 6.45) is 6.12. The molecule has 2 amide bonds. The molecule has 6 heteroatoms. The minimum absolute atomic E-state index is 0.142. The standard InChI is InChI=1S/C26H31N3O3/c1-18-9-5-7-13-22(18)28-25(30)24(15-20-16-27-23-14-8-6-12-21(20)23)29-26(31)32-17-19-10-3-2-4-11-19/h2-4,6,8,10-12,14,16,18,22,24,27H,5,7,9,13,15,17H2,1H3,(H,28,30)(H,29,31)/t18-,22+,24+/m1/s1. The Morgan fingerprint density at radius 3 is 2.62 bits per heavy atom. The normalized spacial score (nSPS) is 19.3. The second-order valence-electron chi connectivity index (χ2n) is 8.70. The molecule has 0 bridgehead atoms. The lowest BCUT2D eigenvalue weighted by Crippen LogP contribution is -2.52. The average Bonchev–Trinajstić information content (AvgIpc) is 3.22. The van der Waals surface area contributed by atoms with Crippen molar-refractivity contribution < 1.29 is 14.3 Å². The van der Waals surface area contributed by atoms with Gasteiger partial charge in [-0.05, 0) is 36.0 Å². The molecule has 0 saturated heterocycles. The topological polar surface area (TPSA) is 83.2 Å². The molecular formula is C26H31N3O3. The van der Waals surface area contributed by atoms with Gasteiger partial charge in [0.05, 0.1) is 0 Å². The van der Waals surface area contributed by atoms with Crippen LogP contribution in [0.15, 0.2) is 60.8 Å². The van der Waals surface area contributed by atoms with Crippen LogP contribution in [0.3, 0.4) is 0 Å². The fourth-order valence-electron chi connectivity index (χ4n) is 4.45. The number of carbonyl (C=O) groups excluding carboxylic acids is 2. The molecule has 1 aliphatic rings. The molecule has 4 rings (SSSR count). The molecule has 168 valence electrons. The Morgan fingerprint density at radius 2 is 1.81 bits per heavy atom. The molecule has 3 N–H and O–H groups in total. The Labute approximate surface area is 188 Å². The van der Waals surface area contributed by atoms with Gasteiger partial charge in [0, 0.05) is 29.6 Å². The van der Waals surface area contributed by atoms with E-state index in [0.717, 1.165) is 41.3 Å². The molecule has 0 unspecified atom stereocenters. The van der Waals surface area contributed by atoms with Crippen LogP contribution in [0.2, 0.25) is 0 Å². The molecule has 0 aliphatic heterocycles. The Kier molecular flexibility index (Phi) is 7.10. The van der Waals surface area contributed by atoms with E-state index in [4.69, 9.17) is 4.74 Å². The molecule has 1 fully saturated rings. The average molecular weight is 434 g/mol.